The van der Waals surface area contributed by atoms with E-state index in [2.05, 4.69) is 36.3 Å². The summed E-state index contributed by atoms with van der Waals surface area (Å²) in [5, 5.41) is 11.0. The molecule has 1 heterocycles. The Morgan fingerprint density at radius 3 is 2.25 bits per heavy atom. The Kier molecular flexibility index (Phi) is 5.62. The van der Waals surface area contributed by atoms with Gasteiger partial charge in [0.05, 0.1) is 4.90 Å². The molecular weight excluding hydrogens is 394 g/mol. The fourth-order valence-electron chi connectivity index (χ4n) is 2.53. The molecule has 0 aliphatic carbocycles. The number of carbonyl (C=O) groups is 1. The Labute approximate surface area is 168 Å². The summed E-state index contributed by atoms with van der Waals surface area (Å²) >= 11 is 1.05. The van der Waals surface area contributed by atoms with Crippen LogP contribution in [0.5, 0.6) is 0 Å². The molecular formula is C20H21N3O3S2. The molecule has 146 valence electrons. The predicted molar refractivity (Wildman–Crippen MR) is 110 cm³/mol. The third-order valence-electron chi connectivity index (χ3n) is 4.12. The van der Waals surface area contributed by atoms with Crippen molar-refractivity contribution in [3.8, 4) is 0 Å². The predicted octanol–water partition coefficient (Wildman–Crippen LogP) is 4.06. The molecule has 0 unspecified atom stereocenters. The zero-order valence-electron chi connectivity index (χ0n) is 15.8. The first-order valence-electron chi connectivity index (χ1n) is 8.67. The normalized spacial score (nSPS) is 12.0. The van der Waals surface area contributed by atoms with Gasteiger partial charge in [0.2, 0.25) is 5.13 Å². The molecule has 8 heteroatoms. The topological polar surface area (TPSA) is 89.0 Å². The zero-order chi connectivity index (χ0) is 20.4. The summed E-state index contributed by atoms with van der Waals surface area (Å²) < 4.78 is 24.8. The summed E-state index contributed by atoms with van der Waals surface area (Å²) in [6.45, 7) is 6.32. The minimum Gasteiger partial charge on any atom is -0.296 e. The average Bonchev–Trinajstić information content (AvgIpc) is 3.08. The number of aromatic nitrogens is 2. The van der Waals surface area contributed by atoms with Crippen LogP contribution in [-0.4, -0.2) is 24.5 Å². The summed E-state index contributed by atoms with van der Waals surface area (Å²) in [5.74, 6) is -0.570. The lowest BCUT2D eigenvalue weighted by molar-refractivity contribution is 0.102. The molecule has 6 nitrogen and oxygen atoms in total. The van der Waals surface area contributed by atoms with Crippen LogP contribution in [-0.2, 0) is 21.0 Å². The molecule has 0 radical (unpaired) electrons. The second kappa shape index (κ2) is 7.81. The van der Waals surface area contributed by atoms with Crippen molar-refractivity contribution in [3.05, 3.63) is 70.7 Å². The average molecular weight is 416 g/mol. The molecule has 1 N–H and O–H groups in total. The standard InChI is InChI=1S/C20H21N3O3S2/c1-20(2,3)15-11-9-14(10-12-15)18(24)21-19-23-22-17(27-19)13-28(25,26)16-7-5-4-6-8-16/h4-12H,13H2,1-3H3,(H,21,23,24). The van der Waals surface area contributed by atoms with Gasteiger partial charge in [-0.25, -0.2) is 8.42 Å². The van der Waals surface area contributed by atoms with Crippen LogP contribution >= 0.6 is 11.3 Å². The molecule has 3 rings (SSSR count). The van der Waals surface area contributed by atoms with Crippen molar-refractivity contribution < 1.29 is 13.2 Å². The fourth-order valence-corrected chi connectivity index (χ4v) is 4.88. The molecule has 0 atom stereocenters. The Bertz CT molecular complexity index is 1070. The molecule has 0 saturated carbocycles. The molecule has 2 aromatic carbocycles. The number of amides is 1. The van der Waals surface area contributed by atoms with E-state index >= 15 is 0 Å². The van der Waals surface area contributed by atoms with E-state index in [1.54, 1.807) is 42.5 Å². The largest absolute Gasteiger partial charge is 0.296 e. The van der Waals surface area contributed by atoms with Crippen LogP contribution in [0.1, 0.15) is 41.7 Å². The number of anilines is 1. The number of benzene rings is 2. The van der Waals surface area contributed by atoms with Gasteiger partial charge in [-0.2, -0.15) is 0 Å². The Hall–Kier alpha value is -2.58. The third-order valence-corrected chi connectivity index (χ3v) is 6.78. The quantitative estimate of drug-likeness (QED) is 0.679. The molecule has 0 fully saturated rings. The smallest absolute Gasteiger partial charge is 0.257 e. The first-order valence-corrected chi connectivity index (χ1v) is 11.1. The van der Waals surface area contributed by atoms with Gasteiger partial charge in [0, 0.05) is 5.56 Å². The van der Waals surface area contributed by atoms with Gasteiger partial charge in [-0.1, -0.05) is 62.4 Å². The maximum Gasteiger partial charge on any atom is 0.257 e. The number of rotatable bonds is 5. The number of hydrogen-bond acceptors (Lipinski definition) is 6. The van der Waals surface area contributed by atoms with Crippen molar-refractivity contribution in [2.45, 2.75) is 36.8 Å². The first kappa shape index (κ1) is 20.2. The lowest BCUT2D eigenvalue weighted by atomic mass is 9.87. The molecule has 1 aromatic heterocycles. The van der Waals surface area contributed by atoms with E-state index in [1.165, 1.54) is 0 Å². The maximum absolute atomic E-state index is 12.4. The molecule has 0 aliphatic rings. The van der Waals surface area contributed by atoms with E-state index in [0.29, 0.717) is 10.6 Å². The Morgan fingerprint density at radius 1 is 1.00 bits per heavy atom. The lowest BCUT2D eigenvalue weighted by Gasteiger charge is -2.18. The first-order chi connectivity index (χ1) is 13.1. The third kappa shape index (κ3) is 4.82. The van der Waals surface area contributed by atoms with Gasteiger partial charge in [-0.3, -0.25) is 10.1 Å². The minimum atomic E-state index is -3.50. The number of sulfone groups is 1. The summed E-state index contributed by atoms with van der Waals surface area (Å²) in [7, 11) is -3.50. The highest BCUT2D eigenvalue weighted by atomic mass is 32.2. The van der Waals surface area contributed by atoms with Crippen LogP contribution in [0.4, 0.5) is 5.13 Å². The van der Waals surface area contributed by atoms with Gasteiger partial charge in [0.15, 0.2) is 9.84 Å². The molecule has 0 aliphatic heterocycles. The molecule has 3 aromatic rings. The highest BCUT2D eigenvalue weighted by molar-refractivity contribution is 7.90. The maximum atomic E-state index is 12.4. The Balaban J connectivity index is 1.68. The second-order valence-electron chi connectivity index (χ2n) is 7.35. The highest BCUT2D eigenvalue weighted by Gasteiger charge is 2.19. The van der Waals surface area contributed by atoms with Crippen LogP contribution in [0.3, 0.4) is 0 Å². The summed E-state index contributed by atoms with van der Waals surface area (Å²) in [6, 6.07) is 15.6. The zero-order valence-corrected chi connectivity index (χ0v) is 17.5. The number of nitrogens with zero attached hydrogens (tertiary/aromatic N) is 2. The highest BCUT2D eigenvalue weighted by Crippen LogP contribution is 2.24. The number of nitrogens with one attached hydrogen (secondary N) is 1. The van der Waals surface area contributed by atoms with Crippen LogP contribution in [0.2, 0.25) is 0 Å². The van der Waals surface area contributed by atoms with Crippen molar-refractivity contribution in [1.29, 1.82) is 0 Å². The van der Waals surface area contributed by atoms with E-state index < -0.39 is 9.84 Å². The van der Waals surface area contributed by atoms with Gasteiger partial charge in [0.1, 0.15) is 10.8 Å². The minimum absolute atomic E-state index is 0.00732. The monoisotopic (exact) mass is 415 g/mol. The van der Waals surface area contributed by atoms with Crippen molar-refractivity contribution in [2.24, 2.45) is 0 Å². The SMILES string of the molecule is CC(C)(C)c1ccc(C(=O)Nc2nnc(CS(=O)(=O)c3ccccc3)s2)cc1. The second-order valence-corrected chi connectivity index (χ2v) is 10.4. The Morgan fingerprint density at radius 2 is 1.64 bits per heavy atom. The van der Waals surface area contributed by atoms with Gasteiger partial charge in [0.25, 0.3) is 5.91 Å². The van der Waals surface area contributed by atoms with E-state index in [0.717, 1.165) is 16.9 Å². The van der Waals surface area contributed by atoms with Crippen LogP contribution in [0, 0.1) is 0 Å². The summed E-state index contributed by atoms with van der Waals surface area (Å²) in [4.78, 5) is 12.6. The van der Waals surface area contributed by atoms with Crippen molar-refractivity contribution in [2.75, 3.05) is 5.32 Å². The van der Waals surface area contributed by atoms with Crippen molar-refractivity contribution in [3.63, 3.8) is 0 Å². The molecule has 0 saturated heterocycles. The molecule has 0 bridgehead atoms. The van der Waals surface area contributed by atoms with Crippen molar-refractivity contribution >= 4 is 32.2 Å². The van der Waals surface area contributed by atoms with Gasteiger partial charge < -0.3 is 0 Å². The van der Waals surface area contributed by atoms with Crippen LogP contribution in [0.25, 0.3) is 0 Å². The van der Waals surface area contributed by atoms with Gasteiger partial charge >= 0.3 is 0 Å². The van der Waals surface area contributed by atoms with E-state index in [1.807, 2.05) is 12.1 Å². The molecule has 1 amide bonds. The van der Waals surface area contributed by atoms with Gasteiger partial charge in [-0.05, 0) is 35.2 Å². The molecule has 28 heavy (non-hydrogen) atoms. The number of hydrogen-bond donors (Lipinski definition) is 1. The van der Waals surface area contributed by atoms with Gasteiger partial charge in [-0.15, -0.1) is 10.2 Å². The lowest BCUT2D eigenvalue weighted by Crippen LogP contribution is -2.14. The van der Waals surface area contributed by atoms with E-state index in [4.69, 9.17) is 0 Å². The van der Waals surface area contributed by atoms with E-state index in [-0.39, 0.29) is 27.1 Å². The van der Waals surface area contributed by atoms with Crippen molar-refractivity contribution in [1.82, 2.24) is 10.2 Å². The van der Waals surface area contributed by atoms with Crippen LogP contribution < -0.4 is 5.32 Å². The number of carbonyl (C=O) groups excluding carboxylic acids is 1. The fraction of sp³-hybridized carbons (Fsp3) is 0.250. The molecule has 0 spiro atoms. The summed E-state index contributed by atoms with van der Waals surface area (Å²) in [6.07, 6.45) is 0. The van der Waals surface area contributed by atoms with Crippen LogP contribution in [0.15, 0.2) is 59.5 Å². The van der Waals surface area contributed by atoms with E-state index in [9.17, 15) is 13.2 Å². The summed E-state index contributed by atoms with van der Waals surface area (Å²) in [5.41, 5.74) is 1.64.